The topological polar surface area (TPSA) is 380 Å². The Balaban J connectivity index is 1.38. The van der Waals surface area contributed by atoms with E-state index in [1.54, 1.807) is 12.1 Å². The van der Waals surface area contributed by atoms with Gasteiger partial charge in [0.15, 0.2) is 0 Å². The molecule has 3 unspecified atom stereocenters. The highest BCUT2D eigenvalue weighted by atomic mass is 32.2. The molecule has 564 valence electrons. The third-order valence-corrected chi connectivity index (χ3v) is 19.9. The molecule has 32 heteroatoms. The van der Waals surface area contributed by atoms with Crippen molar-refractivity contribution in [3.05, 3.63) is 60.0 Å². The van der Waals surface area contributed by atoms with Gasteiger partial charge in [-0.15, -0.1) is 0 Å². The van der Waals surface area contributed by atoms with Crippen LogP contribution in [0.15, 0.2) is 68.8 Å². The summed E-state index contributed by atoms with van der Waals surface area (Å²) in [6.07, 6.45) is -0.334. The van der Waals surface area contributed by atoms with Crippen molar-refractivity contribution in [2.45, 2.75) is 142 Å². The van der Waals surface area contributed by atoms with E-state index in [1.165, 1.54) is 17.0 Å². The SMILES string of the molecule is CCN(CC)c1ccc2c(-c3ccc(S(=O)(=O)N4CCN(C(=O)CCOCC(COCCC(=O)NC(CC(C)C)C(=O)N(C)O)(COCCC(=O)NC(CC(C)C)C(=O)N(C)O)COCCC(=O)NC(CC(C)C)C(=O)N(C)O)CC4)cc3S(=O)(=O)[O-])c3ccc(=[N+](CC)CC)cc-3oc2c1. The molecule has 30 nitrogen and oxygen atoms in total. The third-order valence-electron chi connectivity index (χ3n) is 17.2. The highest BCUT2D eigenvalue weighted by molar-refractivity contribution is 7.89. The molecule has 2 aliphatic heterocycles. The molecule has 1 aliphatic carbocycles. The fourth-order valence-electron chi connectivity index (χ4n) is 11.9. The molecule has 0 spiro atoms. The number of ether oxygens (including phenoxy) is 4. The maximum absolute atomic E-state index is 14.5. The number of hydrogen-bond acceptors (Lipinski definition) is 21. The first-order valence-corrected chi connectivity index (χ1v) is 37.2. The molecule has 2 aromatic rings. The fraction of sp³-hybridized carbons (Fsp3) is 0.623. The molecule has 0 saturated carbocycles. The first-order valence-electron chi connectivity index (χ1n) is 34.4. The van der Waals surface area contributed by atoms with Gasteiger partial charge in [0.1, 0.15) is 52.7 Å². The quantitative estimate of drug-likeness (QED) is 0.00898. The van der Waals surface area contributed by atoms with Gasteiger partial charge in [0, 0.05) is 120 Å². The number of carbonyl (C=O) groups excluding carboxylic acids is 7. The molecule has 0 aromatic heterocycles. The van der Waals surface area contributed by atoms with Crippen molar-refractivity contribution < 1.29 is 93.9 Å². The summed E-state index contributed by atoms with van der Waals surface area (Å²) in [6.45, 7) is 19.3. The molecule has 101 heavy (non-hydrogen) atoms. The van der Waals surface area contributed by atoms with Gasteiger partial charge in [-0.25, -0.2) is 36.6 Å². The minimum atomic E-state index is -5.36. The summed E-state index contributed by atoms with van der Waals surface area (Å²) in [7, 11) is -6.41. The molecule has 3 aliphatic rings. The van der Waals surface area contributed by atoms with Crippen LogP contribution in [0.4, 0.5) is 5.69 Å². The molecule has 0 radical (unpaired) electrons. The highest BCUT2D eigenvalue weighted by Gasteiger charge is 2.36. The highest BCUT2D eigenvalue weighted by Crippen LogP contribution is 2.44. The van der Waals surface area contributed by atoms with Crippen molar-refractivity contribution in [3.8, 4) is 22.5 Å². The minimum Gasteiger partial charge on any atom is -0.744 e. The fourth-order valence-corrected chi connectivity index (χ4v) is 14.1. The van der Waals surface area contributed by atoms with Crippen LogP contribution in [-0.4, -0.2) is 247 Å². The summed E-state index contributed by atoms with van der Waals surface area (Å²) in [5, 5.41) is 40.1. The van der Waals surface area contributed by atoms with Crippen LogP contribution in [0.3, 0.4) is 0 Å². The predicted octanol–water partition coefficient (Wildman–Crippen LogP) is 4.35. The number of nitrogens with zero attached hydrogens (tertiary/aromatic N) is 7. The Labute approximate surface area is 593 Å². The maximum Gasteiger partial charge on any atom is 0.268 e. The van der Waals surface area contributed by atoms with Crippen molar-refractivity contribution in [2.75, 3.05) is 131 Å². The van der Waals surface area contributed by atoms with E-state index in [4.69, 9.17) is 23.4 Å². The standard InChI is InChI=1S/C69H106N10O20S2/c1-14-76(15-2)49-18-21-52-58(39-49)99-59-40-50(77(16-3)17-4)19-22-53(59)65(52)54-23-20-51(41-60(54)101(92,93)94)100(90,91)79-30-28-78(29-31-79)64(83)27-35-98-45-69(42-95-32-24-61(80)70-55(36-46(5)6)66(84)73(11)87,43-96-33-25-62(81)71-56(37-47(7)8)67(85)74(12)88)44-97-34-26-63(82)72-57(38-48(9)10)68(86)75(13)89/h18-23,39-41,46-48,55-57,87-89H,14-17,24-38,42-45H2,1-13H3,(H3-,70,71,72,80,81,82,92,93,94). The van der Waals surface area contributed by atoms with Gasteiger partial charge in [-0.2, -0.15) is 4.31 Å². The van der Waals surface area contributed by atoms with E-state index < -0.39 is 94.8 Å². The van der Waals surface area contributed by atoms with E-state index >= 15 is 0 Å². The van der Waals surface area contributed by atoms with Crippen LogP contribution >= 0.6 is 0 Å². The number of likely N-dealkylation sites (N-methyl/N-ethyl adjacent to an activating group) is 3. The number of piperazine rings is 1. The lowest BCUT2D eigenvalue weighted by Gasteiger charge is -2.35. The van der Waals surface area contributed by atoms with Gasteiger partial charge < -0.3 is 53.7 Å². The smallest absolute Gasteiger partial charge is 0.268 e. The molecule has 1 saturated heterocycles. The van der Waals surface area contributed by atoms with Gasteiger partial charge >= 0.3 is 0 Å². The van der Waals surface area contributed by atoms with Crippen molar-refractivity contribution in [2.24, 2.45) is 23.2 Å². The molecule has 0 bridgehead atoms. The summed E-state index contributed by atoms with van der Waals surface area (Å²) in [4.78, 5) is 94.4. The monoisotopic (exact) mass is 1460 g/mol. The van der Waals surface area contributed by atoms with Gasteiger partial charge in [0.05, 0.1) is 80.5 Å². The first kappa shape index (κ1) is 84.4. The lowest BCUT2D eigenvalue weighted by molar-refractivity contribution is -0.163. The molecule has 5 rings (SSSR count). The van der Waals surface area contributed by atoms with Gasteiger partial charge in [-0.3, -0.25) is 49.2 Å². The van der Waals surface area contributed by atoms with Gasteiger partial charge in [-0.1, -0.05) is 47.6 Å². The zero-order valence-electron chi connectivity index (χ0n) is 60.7. The molecule has 6 N–H and O–H groups in total. The zero-order chi connectivity index (χ0) is 75.1. The van der Waals surface area contributed by atoms with E-state index in [0.717, 1.165) is 42.6 Å². The molecule has 3 atom stereocenters. The molecule has 1 fully saturated rings. The van der Waals surface area contributed by atoms with Crippen LogP contribution in [-0.2, 0) is 72.7 Å². The van der Waals surface area contributed by atoms with Crippen LogP contribution in [0, 0.1) is 23.2 Å². The second-order valence-electron chi connectivity index (χ2n) is 26.6. The average Bonchev–Trinajstić information content (AvgIpc) is 0.740. The zero-order valence-corrected chi connectivity index (χ0v) is 62.3. The van der Waals surface area contributed by atoms with Gasteiger partial charge in [-0.05, 0) is 95.0 Å². The number of anilines is 1. The number of sulfonamides is 1. The summed E-state index contributed by atoms with van der Waals surface area (Å²) in [5.41, 5.74) is 0.766. The Morgan fingerprint density at radius 3 is 1.41 bits per heavy atom. The van der Waals surface area contributed by atoms with E-state index in [9.17, 15) is 70.6 Å². The Kier molecular flexibility index (Phi) is 32.9. The van der Waals surface area contributed by atoms with Gasteiger partial charge in [0.25, 0.3) is 17.7 Å². The summed E-state index contributed by atoms with van der Waals surface area (Å²) >= 11 is 0. The maximum atomic E-state index is 14.5. The number of hydrogen-bond donors (Lipinski definition) is 6. The second-order valence-corrected chi connectivity index (χ2v) is 29.9. The number of fused-ring (bicyclic) bond motifs is 2. The minimum absolute atomic E-state index is 0.0192. The van der Waals surface area contributed by atoms with Crippen LogP contribution in [0.2, 0.25) is 0 Å². The van der Waals surface area contributed by atoms with E-state index in [1.807, 2.05) is 93.5 Å². The van der Waals surface area contributed by atoms with Crippen molar-refractivity contribution in [3.63, 3.8) is 0 Å². The van der Waals surface area contributed by atoms with E-state index in [0.29, 0.717) is 69.2 Å². The normalized spacial score (nSPS) is 14.6. The molecule has 2 aromatic carbocycles. The lowest BCUT2D eigenvalue weighted by atomic mass is 9.92. The van der Waals surface area contributed by atoms with Crippen LogP contribution in [0.25, 0.3) is 33.4 Å². The summed E-state index contributed by atoms with van der Waals surface area (Å²) < 4.78 is 104. The van der Waals surface area contributed by atoms with Crippen molar-refractivity contribution in [1.29, 1.82) is 0 Å². The van der Waals surface area contributed by atoms with Crippen molar-refractivity contribution >= 4 is 78.1 Å². The van der Waals surface area contributed by atoms with Crippen LogP contribution in [0.1, 0.15) is 114 Å². The van der Waals surface area contributed by atoms with E-state index in [2.05, 4.69) is 25.4 Å². The second kappa shape index (κ2) is 39.4. The first-order chi connectivity index (χ1) is 47.6. The third kappa shape index (κ3) is 24.7. The predicted molar refractivity (Wildman–Crippen MR) is 373 cm³/mol. The average molecular weight is 1460 g/mol. The van der Waals surface area contributed by atoms with Crippen molar-refractivity contribution in [1.82, 2.24) is 44.9 Å². The van der Waals surface area contributed by atoms with Gasteiger partial charge in [0.2, 0.25) is 39.0 Å². The number of rotatable bonds is 41. The van der Waals surface area contributed by atoms with Crippen LogP contribution in [0.5, 0.6) is 0 Å². The largest absolute Gasteiger partial charge is 0.744 e. The Morgan fingerprint density at radius 1 is 0.584 bits per heavy atom. The lowest BCUT2D eigenvalue weighted by Crippen LogP contribution is -2.50. The molecule has 2 heterocycles. The Morgan fingerprint density at radius 2 is 1.01 bits per heavy atom. The summed E-state index contributed by atoms with van der Waals surface area (Å²) in [6, 6.07) is 11.4. The molecular weight excluding hydrogens is 1350 g/mol. The number of amides is 7. The number of nitrogens with one attached hydrogen (secondary N) is 3. The number of hydroxylamine groups is 6. The van der Waals surface area contributed by atoms with E-state index in [-0.39, 0.29) is 147 Å². The Hall–Kier alpha value is -7.24. The Bertz CT molecular complexity index is 3580. The number of carbonyl (C=O) groups is 7. The van der Waals surface area contributed by atoms with Crippen LogP contribution < -0.4 is 30.8 Å². The molecular formula is C69H106N10O20S2. The summed E-state index contributed by atoms with van der Waals surface area (Å²) in [5.74, 6) is -4.03. The molecule has 7 amide bonds. The number of benzene rings is 3.